The summed E-state index contributed by atoms with van der Waals surface area (Å²) >= 11 is 0. The van der Waals surface area contributed by atoms with Crippen molar-refractivity contribution in [2.75, 3.05) is 13.7 Å². The van der Waals surface area contributed by atoms with Gasteiger partial charge in [-0.3, -0.25) is 4.79 Å². The summed E-state index contributed by atoms with van der Waals surface area (Å²) in [5.74, 6) is 0.649. The van der Waals surface area contributed by atoms with Crippen molar-refractivity contribution in [2.45, 2.75) is 13.0 Å². The van der Waals surface area contributed by atoms with Crippen molar-refractivity contribution in [3.8, 4) is 5.75 Å². The van der Waals surface area contributed by atoms with Crippen molar-refractivity contribution in [3.05, 3.63) is 29.3 Å². The minimum absolute atomic E-state index is 0.0186. The number of Topliss-reactive ketones (excluding diaryl/α,β-unsaturated/α-hetero) is 1. The molecule has 1 aliphatic rings. The molecule has 0 spiro atoms. The largest absolute Gasteiger partial charge is 0.496 e. The summed E-state index contributed by atoms with van der Waals surface area (Å²) in [7, 11) is 1.57. The van der Waals surface area contributed by atoms with E-state index in [1.54, 1.807) is 13.2 Å². The van der Waals surface area contributed by atoms with Gasteiger partial charge in [0.15, 0.2) is 5.78 Å². The van der Waals surface area contributed by atoms with Crippen LogP contribution in [0.15, 0.2) is 18.2 Å². The third-order valence-electron chi connectivity index (χ3n) is 2.31. The molecule has 0 amide bonds. The molecule has 0 radical (unpaired) electrons. The highest BCUT2D eigenvalue weighted by Gasteiger charge is 2.25. The Morgan fingerprint density at radius 3 is 2.79 bits per heavy atom. The molecule has 1 aromatic rings. The number of epoxide rings is 1. The summed E-state index contributed by atoms with van der Waals surface area (Å²) in [6.45, 7) is 2.30. The van der Waals surface area contributed by atoms with E-state index in [-0.39, 0.29) is 11.9 Å². The van der Waals surface area contributed by atoms with Gasteiger partial charge in [0.1, 0.15) is 11.9 Å². The van der Waals surface area contributed by atoms with Crippen LogP contribution in [0, 0.1) is 0 Å². The fraction of sp³-hybridized carbons (Fsp3) is 0.364. The van der Waals surface area contributed by atoms with Gasteiger partial charge in [0.25, 0.3) is 0 Å². The normalized spacial score (nSPS) is 19.1. The van der Waals surface area contributed by atoms with E-state index in [2.05, 4.69) is 0 Å². The Morgan fingerprint density at radius 2 is 2.29 bits per heavy atom. The molecule has 74 valence electrons. The van der Waals surface area contributed by atoms with Crippen molar-refractivity contribution < 1.29 is 14.3 Å². The molecule has 0 bridgehead atoms. The topological polar surface area (TPSA) is 38.8 Å². The van der Waals surface area contributed by atoms with Gasteiger partial charge in [-0.05, 0) is 24.6 Å². The molecule has 1 atom stereocenters. The number of hydrogen-bond donors (Lipinski definition) is 0. The molecule has 1 saturated heterocycles. The van der Waals surface area contributed by atoms with Crippen molar-refractivity contribution >= 4 is 5.78 Å². The SMILES string of the molecule is COc1cc([C@@H]2CO2)ccc1C(C)=O. The Balaban J connectivity index is 2.38. The minimum atomic E-state index is 0.0186. The number of carbonyl (C=O) groups is 1. The van der Waals surface area contributed by atoms with E-state index in [1.807, 2.05) is 12.1 Å². The highest BCUT2D eigenvalue weighted by atomic mass is 16.6. The van der Waals surface area contributed by atoms with Crippen LogP contribution in [-0.4, -0.2) is 19.5 Å². The Bertz CT molecular complexity index is 367. The maximum Gasteiger partial charge on any atom is 0.163 e. The Hall–Kier alpha value is -1.35. The molecular formula is C11H12O3. The van der Waals surface area contributed by atoms with E-state index in [4.69, 9.17) is 9.47 Å². The van der Waals surface area contributed by atoms with E-state index in [1.165, 1.54) is 6.92 Å². The Labute approximate surface area is 82.6 Å². The average molecular weight is 192 g/mol. The summed E-state index contributed by atoms with van der Waals surface area (Å²) in [6, 6.07) is 5.57. The Kier molecular flexibility index (Phi) is 2.25. The number of benzene rings is 1. The van der Waals surface area contributed by atoms with Gasteiger partial charge in [0.2, 0.25) is 0 Å². The first-order chi connectivity index (χ1) is 6.72. The highest BCUT2D eigenvalue weighted by Crippen LogP contribution is 2.33. The van der Waals surface area contributed by atoms with Crippen LogP contribution in [0.3, 0.4) is 0 Å². The van der Waals surface area contributed by atoms with E-state index in [0.29, 0.717) is 11.3 Å². The van der Waals surface area contributed by atoms with E-state index < -0.39 is 0 Å². The molecule has 0 unspecified atom stereocenters. The molecule has 1 aliphatic heterocycles. The molecule has 1 fully saturated rings. The fourth-order valence-corrected chi connectivity index (χ4v) is 1.44. The monoisotopic (exact) mass is 192 g/mol. The summed E-state index contributed by atoms with van der Waals surface area (Å²) in [5, 5.41) is 0. The van der Waals surface area contributed by atoms with Gasteiger partial charge < -0.3 is 9.47 Å². The molecule has 0 N–H and O–H groups in total. The lowest BCUT2D eigenvalue weighted by molar-refractivity contribution is 0.101. The lowest BCUT2D eigenvalue weighted by atomic mass is 10.1. The van der Waals surface area contributed by atoms with Gasteiger partial charge in [-0.15, -0.1) is 0 Å². The third-order valence-corrected chi connectivity index (χ3v) is 2.31. The molecule has 0 aromatic heterocycles. The summed E-state index contributed by atoms with van der Waals surface area (Å²) in [6.07, 6.45) is 0.199. The van der Waals surface area contributed by atoms with Crippen LogP contribution < -0.4 is 4.74 Å². The zero-order valence-electron chi connectivity index (χ0n) is 8.24. The molecule has 1 heterocycles. The third kappa shape index (κ3) is 1.63. The van der Waals surface area contributed by atoms with Gasteiger partial charge in [0, 0.05) is 0 Å². The lowest BCUT2D eigenvalue weighted by Crippen LogP contribution is -1.98. The van der Waals surface area contributed by atoms with Crippen molar-refractivity contribution in [1.82, 2.24) is 0 Å². The number of rotatable bonds is 3. The molecule has 14 heavy (non-hydrogen) atoms. The van der Waals surface area contributed by atoms with Gasteiger partial charge >= 0.3 is 0 Å². The zero-order valence-corrected chi connectivity index (χ0v) is 8.24. The van der Waals surface area contributed by atoms with Crippen LogP contribution >= 0.6 is 0 Å². The highest BCUT2D eigenvalue weighted by molar-refractivity contribution is 5.96. The van der Waals surface area contributed by atoms with E-state index in [9.17, 15) is 4.79 Å². The van der Waals surface area contributed by atoms with Crippen molar-refractivity contribution in [3.63, 3.8) is 0 Å². The van der Waals surface area contributed by atoms with E-state index >= 15 is 0 Å². The molecule has 0 saturated carbocycles. The second-order valence-corrected chi connectivity index (χ2v) is 3.34. The molecular weight excluding hydrogens is 180 g/mol. The van der Waals surface area contributed by atoms with Crippen molar-refractivity contribution in [2.24, 2.45) is 0 Å². The van der Waals surface area contributed by atoms with Crippen LogP contribution in [0.2, 0.25) is 0 Å². The van der Waals surface area contributed by atoms with E-state index in [0.717, 1.165) is 12.2 Å². The smallest absolute Gasteiger partial charge is 0.163 e. The lowest BCUT2D eigenvalue weighted by Gasteiger charge is -2.06. The maximum absolute atomic E-state index is 11.2. The molecule has 1 aromatic carbocycles. The first-order valence-electron chi connectivity index (χ1n) is 4.53. The zero-order chi connectivity index (χ0) is 10.1. The van der Waals surface area contributed by atoms with Gasteiger partial charge in [-0.1, -0.05) is 6.07 Å². The van der Waals surface area contributed by atoms with Crippen LogP contribution in [0.5, 0.6) is 5.75 Å². The quantitative estimate of drug-likeness (QED) is 0.543. The fourth-order valence-electron chi connectivity index (χ4n) is 1.44. The number of methoxy groups -OCH3 is 1. The maximum atomic E-state index is 11.2. The standard InChI is InChI=1S/C11H12O3/c1-7(12)9-4-3-8(11-6-14-11)5-10(9)13-2/h3-5,11H,6H2,1-2H3/t11-/m0/s1. The van der Waals surface area contributed by atoms with Crippen LogP contribution in [0.25, 0.3) is 0 Å². The summed E-state index contributed by atoms with van der Waals surface area (Å²) in [4.78, 5) is 11.2. The van der Waals surface area contributed by atoms with Gasteiger partial charge in [-0.2, -0.15) is 0 Å². The predicted octanol–water partition coefficient (Wildman–Crippen LogP) is 1.97. The second kappa shape index (κ2) is 3.42. The summed E-state index contributed by atoms with van der Waals surface area (Å²) in [5.41, 5.74) is 1.70. The van der Waals surface area contributed by atoms with Crippen molar-refractivity contribution in [1.29, 1.82) is 0 Å². The molecule has 2 rings (SSSR count). The van der Waals surface area contributed by atoms with Crippen LogP contribution in [0.1, 0.15) is 28.9 Å². The number of carbonyl (C=O) groups excluding carboxylic acids is 1. The Morgan fingerprint density at radius 1 is 1.57 bits per heavy atom. The average Bonchev–Trinajstić information content (AvgIpc) is 3.00. The number of ether oxygens (including phenoxy) is 2. The second-order valence-electron chi connectivity index (χ2n) is 3.34. The van der Waals surface area contributed by atoms with Crippen LogP contribution in [0.4, 0.5) is 0 Å². The molecule has 0 aliphatic carbocycles. The predicted molar refractivity (Wildman–Crippen MR) is 51.7 cm³/mol. The molecule has 3 heteroatoms. The molecule has 3 nitrogen and oxygen atoms in total. The number of hydrogen-bond acceptors (Lipinski definition) is 3. The van der Waals surface area contributed by atoms with Crippen LogP contribution in [-0.2, 0) is 4.74 Å². The van der Waals surface area contributed by atoms with Gasteiger partial charge in [-0.25, -0.2) is 0 Å². The first-order valence-corrected chi connectivity index (χ1v) is 4.53. The summed E-state index contributed by atoms with van der Waals surface area (Å²) < 4.78 is 10.3. The minimum Gasteiger partial charge on any atom is -0.496 e. The first kappa shape index (κ1) is 9.21. The number of ketones is 1. The van der Waals surface area contributed by atoms with Gasteiger partial charge in [0.05, 0.1) is 19.3 Å².